The van der Waals surface area contributed by atoms with Crippen molar-refractivity contribution in [2.75, 3.05) is 39.8 Å². The summed E-state index contributed by atoms with van der Waals surface area (Å²) in [6, 6.07) is 10.7. The van der Waals surface area contributed by atoms with E-state index in [1.807, 2.05) is 18.2 Å². The molecule has 3 fully saturated rings. The van der Waals surface area contributed by atoms with Gasteiger partial charge in [0, 0.05) is 58.8 Å². The number of carbonyl (C=O) groups excluding carboxylic acids is 1. The molecule has 3 saturated heterocycles. The summed E-state index contributed by atoms with van der Waals surface area (Å²) < 4.78 is 59.8. The van der Waals surface area contributed by atoms with Crippen LogP contribution in [0.3, 0.4) is 0 Å². The predicted molar refractivity (Wildman–Crippen MR) is 199 cm³/mol. The molecule has 0 spiro atoms. The Morgan fingerprint density at radius 1 is 1.16 bits per heavy atom. The lowest BCUT2D eigenvalue weighted by Crippen LogP contribution is -2.43. The molecule has 1 amide bonds. The molecule has 0 saturated carbocycles. The lowest BCUT2D eigenvalue weighted by molar-refractivity contribution is -0.405. The molecular formula is C39H39ClF3N8O4+. The maximum atomic E-state index is 16.8. The molecule has 12 nitrogen and oxygen atoms in total. The second-order valence-corrected chi connectivity index (χ2v) is 15.5. The van der Waals surface area contributed by atoms with Crippen LogP contribution in [0.1, 0.15) is 44.8 Å². The van der Waals surface area contributed by atoms with Crippen LogP contribution in [0.15, 0.2) is 53.2 Å². The summed E-state index contributed by atoms with van der Waals surface area (Å²) in [5.41, 5.74) is -1.39. The normalized spacial score (nSPS) is 23.5. The number of likely N-dealkylation sites (tertiary alicyclic amines) is 1. The zero-order chi connectivity index (χ0) is 38.6. The number of rotatable bonds is 9. The second-order valence-electron chi connectivity index (χ2n) is 15.1. The van der Waals surface area contributed by atoms with Gasteiger partial charge in [0.25, 0.3) is 5.89 Å². The summed E-state index contributed by atoms with van der Waals surface area (Å²) in [6.45, 7) is 4.10. The van der Waals surface area contributed by atoms with E-state index < -0.39 is 41.1 Å². The standard InChI is InChI=1S/C39H39ClF3N8O4/c1-38(2,53)36-45-29(55-48-36)11-12-30(52)50-18-23(28(42)20-50)17-49(3)35-26-16-44-33(25-9-4-7-22-8-5-10-27(40)31(22)25)32(43)34(26)46-37(47-35)54-21-39-13-6-14-51(39)19-24(41)15-39/h4-5,7-12,16-17,23-24,28,53H,6,13-15,18-21H2,1-3H3/q+1/b12-11+,49-17-/t23?,24-,28-,39+/m1/s1. The smallest absolute Gasteiger partial charge is 0.434 e. The first-order valence-electron chi connectivity index (χ1n) is 18.1. The number of pyridine rings is 1. The van der Waals surface area contributed by atoms with Crippen LogP contribution in [0.25, 0.3) is 39.0 Å². The number of carbonyl (C=O) groups is 1. The summed E-state index contributed by atoms with van der Waals surface area (Å²) in [5, 5.41) is 15.9. The van der Waals surface area contributed by atoms with E-state index in [4.69, 9.17) is 20.9 Å². The molecule has 2 aromatic carbocycles. The molecule has 1 unspecified atom stereocenters. The highest BCUT2D eigenvalue weighted by atomic mass is 35.5. The van der Waals surface area contributed by atoms with Crippen LogP contribution in [0.5, 0.6) is 6.01 Å². The minimum absolute atomic E-state index is 0.0169. The van der Waals surface area contributed by atoms with Crippen molar-refractivity contribution in [2.45, 2.75) is 56.6 Å². The number of alkyl halides is 2. The number of amides is 1. The van der Waals surface area contributed by atoms with Gasteiger partial charge in [0.2, 0.25) is 11.7 Å². The lowest BCUT2D eigenvalue weighted by atomic mass is 9.95. The van der Waals surface area contributed by atoms with Crippen molar-refractivity contribution in [1.82, 2.24) is 34.9 Å². The average molecular weight is 776 g/mol. The minimum Gasteiger partial charge on any atom is -0.443 e. The Morgan fingerprint density at radius 2 is 1.96 bits per heavy atom. The van der Waals surface area contributed by atoms with Crippen molar-refractivity contribution >= 4 is 57.3 Å². The van der Waals surface area contributed by atoms with Crippen LogP contribution in [-0.2, 0) is 10.4 Å². The topological polar surface area (TPSA) is 134 Å². The van der Waals surface area contributed by atoms with Crippen molar-refractivity contribution in [3.63, 3.8) is 0 Å². The van der Waals surface area contributed by atoms with Crippen LogP contribution in [0, 0.1) is 11.7 Å². The second kappa shape index (κ2) is 14.3. The summed E-state index contributed by atoms with van der Waals surface area (Å²) in [7, 11) is 1.65. The number of aromatic nitrogens is 5. The van der Waals surface area contributed by atoms with Crippen molar-refractivity contribution in [2.24, 2.45) is 5.92 Å². The fraction of sp³-hybridized carbons (Fsp3) is 0.410. The van der Waals surface area contributed by atoms with Gasteiger partial charge in [-0.2, -0.15) is 9.97 Å². The quantitative estimate of drug-likeness (QED) is 0.107. The predicted octanol–water partition coefficient (Wildman–Crippen LogP) is 6.06. The van der Waals surface area contributed by atoms with Gasteiger partial charge in [0.15, 0.2) is 5.82 Å². The molecular weight excluding hydrogens is 737 g/mol. The summed E-state index contributed by atoms with van der Waals surface area (Å²) in [4.78, 5) is 34.3. The average Bonchev–Trinajstić information content (AvgIpc) is 3.93. The van der Waals surface area contributed by atoms with E-state index in [2.05, 4.69) is 30.0 Å². The fourth-order valence-electron chi connectivity index (χ4n) is 7.95. The molecule has 4 atom stereocenters. The van der Waals surface area contributed by atoms with Crippen LogP contribution >= 0.6 is 11.6 Å². The van der Waals surface area contributed by atoms with Gasteiger partial charge >= 0.3 is 11.8 Å². The highest BCUT2D eigenvalue weighted by Gasteiger charge is 2.49. The van der Waals surface area contributed by atoms with Gasteiger partial charge in [0.1, 0.15) is 41.1 Å². The Bertz CT molecular complexity index is 2360. The van der Waals surface area contributed by atoms with Gasteiger partial charge in [-0.3, -0.25) is 14.7 Å². The zero-order valence-electron chi connectivity index (χ0n) is 30.4. The van der Waals surface area contributed by atoms with Gasteiger partial charge in [-0.05, 0) is 44.7 Å². The molecule has 5 aromatic rings. The molecule has 0 bridgehead atoms. The number of nitrogens with zero attached hydrogens (tertiary/aromatic N) is 8. The van der Waals surface area contributed by atoms with Gasteiger partial charge in [-0.1, -0.05) is 47.1 Å². The molecule has 3 aromatic heterocycles. The molecule has 286 valence electrons. The molecule has 0 aliphatic carbocycles. The monoisotopic (exact) mass is 775 g/mol. The largest absolute Gasteiger partial charge is 0.443 e. The molecule has 3 aliphatic heterocycles. The maximum Gasteiger partial charge on any atom is 0.434 e. The van der Waals surface area contributed by atoms with Gasteiger partial charge in [-0.15, -0.1) is 0 Å². The van der Waals surface area contributed by atoms with Crippen molar-refractivity contribution in [3.05, 3.63) is 71.2 Å². The number of benzene rings is 2. The number of hydrogen-bond donors (Lipinski definition) is 1. The first-order chi connectivity index (χ1) is 26.3. The molecule has 6 heterocycles. The van der Waals surface area contributed by atoms with Crippen LogP contribution in [0.2, 0.25) is 5.02 Å². The van der Waals surface area contributed by atoms with Crippen LogP contribution in [-0.4, -0.2) is 114 Å². The Kier molecular flexibility index (Phi) is 9.58. The molecule has 8 rings (SSSR count). The van der Waals surface area contributed by atoms with Gasteiger partial charge < -0.3 is 19.3 Å². The van der Waals surface area contributed by atoms with Gasteiger partial charge in [0.05, 0.1) is 31.3 Å². The Labute approximate surface area is 319 Å². The highest BCUT2D eigenvalue weighted by Crippen LogP contribution is 2.41. The van der Waals surface area contributed by atoms with Crippen LogP contribution in [0.4, 0.5) is 19.0 Å². The molecule has 3 aliphatic rings. The Hall–Kier alpha value is -4.99. The van der Waals surface area contributed by atoms with E-state index in [-0.39, 0.29) is 59.8 Å². The first-order valence-corrected chi connectivity index (χ1v) is 18.5. The van der Waals surface area contributed by atoms with E-state index in [1.54, 1.807) is 36.0 Å². The van der Waals surface area contributed by atoms with E-state index in [1.165, 1.54) is 37.1 Å². The Balaban J connectivity index is 1.12. The molecule has 16 heteroatoms. The van der Waals surface area contributed by atoms with E-state index in [0.717, 1.165) is 24.8 Å². The number of fused-ring (bicyclic) bond motifs is 3. The third-order valence-electron chi connectivity index (χ3n) is 10.7. The van der Waals surface area contributed by atoms with E-state index in [0.29, 0.717) is 28.9 Å². The number of hydrogen-bond acceptors (Lipinski definition) is 10. The first kappa shape index (κ1) is 37.0. The SMILES string of the molecule is C/[N+](=C/C1CN(C(=O)/C=C/c2nc(C(C)(C)O)no2)C[C@H]1F)c1nc(OC[C@@]23CCCN2C[C@H](F)C3)nc2c(F)c(-c3cccc4cccc(Cl)c34)ncc12. The molecule has 0 radical (unpaired) electrons. The maximum absolute atomic E-state index is 16.8. The van der Waals surface area contributed by atoms with Crippen molar-refractivity contribution < 1.29 is 36.9 Å². The van der Waals surface area contributed by atoms with Gasteiger partial charge in [-0.25, -0.2) is 17.7 Å². The third kappa shape index (κ3) is 7.04. The number of ether oxygens (including phenoxy) is 1. The van der Waals surface area contributed by atoms with Crippen molar-refractivity contribution in [1.29, 1.82) is 0 Å². The third-order valence-corrected chi connectivity index (χ3v) is 11.0. The lowest BCUT2D eigenvalue weighted by Gasteiger charge is -2.30. The highest BCUT2D eigenvalue weighted by molar-refractivity contribution is 6.36. The summed E-state index contributed by atoms with van der Waals surface area (Å²) in [6.07, 6.45) is 5.18. The molecule has 1 N–H and O–H groups in total. The Morgan fingerprint density at radius 3 is 2.75 bits per heavy atom. The minimum atomic E-state index is -1.42. The number of aliphatic hydroxyl groups is 1. The van der Waals surface area contributed by atoms with E-state index >= 15 is 8.78 Å². The summed E-state index contributed by atoms with van der Waals surface area (Å²) in [5.74, 6) is -1.65. The molecule has 55 heavy (non-hydrogen) atoms. The van der Waals surface area contributed by atoms with E-state index in [9.17, 15) is 14.3 Å². The fourth-order valence-corrected chi connectivity index (χ4v) is 8.23. The van der Waals surface area contributed by atoms with Crippen molar-refractivity contribution in [3.8, 4) is 17.3 Å². The van der Waals surface area contributed by atoms with Crippen LogP contribution < -0.4 is 4.74 Å². The zero-order valence-corrected chi connectivity index (χ0v) is 31.2. The summed E-state index contributed by atoms with van der Waals surface area (Å²) >= 11 is 6.60. The number of halogens is 4.